The van der Waals surface area contributed by atoms with Crippen LogP contribution in [0.3, 0.4) is 0 Å². The number of rotatable bonds is 18. The molecule has 47 heavy (non-hydrogen) atoms. The quantitative estimate of drug-likeness (QED) is 0.154. The van der Waals surface area contributed by atoms with Crippen LogP contribution in [0.4, 0.5) is 4.79 Å². The molecular weight excluding hydrogens is 600 g/mol. The fourth-order valence-electron chi connectivity index (χ4n) is 4.80. The van der Waals surface area contributed by atoms with Crippen LogP contribution in [-0.2, 0) is 48.1 Å². The van der Waals surface area contributed by atoms with Crippen LogP contribution in [0.25, 0.3) is 0 Å². The van der Waals surface area contributed by atoms with E-state index >= 15 is 0 Å². The first-order valence-electron chi connectivity index (χ1n) is 15.7. The van der Waals surface area contributed by atoms with Gasteiger partial charge in [0.25, 0.3) is 0 Å². The van der Waals surface area contributed by atoms with Crippen LogP contribution >= 0.6 is 0 Å². The van der Waals surface area contributed by atoms with Crippen molar-refractivity contribution in [3.63, 3.8) is 0 Å². The molecule has 0 saturated carbocycles. The van der Waals surface area contributed by atoms with E-state index in [4.69, 9.17) is 9.47 Å². The Balaban J connectivity index is 1.57. The van der Waals surface area contributed by atoms with Crippen molar-refractivity contribution in [2.75, 3.05) is 20.2 Å². The monoisotopic (exact) mass is 644 g/mol. The maximum absolute atomic E-state index is 13.3. The number of methoxy groups -OCH3 is 1. The SMILES string of the molecule is CC[C@H](C)[C@H](NC(=O)CNCC(=O)[C@H](Cc1ccccc1)NC(=O)OCc1ccccc1)C(=O)N[C@@H](Cc1ccccc1)C(=O)OC. The molecule has 0 heterocycles. The number of carbonyl (C=O) groups excluding carboxylic acids is 5. The first kappa shape index (κ1) is 36.4. The number of nitrogens with one attached hydrogen (secondary N) is 4. The van der Waals surface area contributed by atoms with E-state index in [1.54, 1.807) is 0 Å². The van der Waals surface area contributed by atoms with Gasteiger partial charge in [-0.3, -0.25) is 14.4 Å². The van der Waals surface area contributed by atoms with Gasteiger partial charge in [0.2, 0.25) is 11.8 Å². The minimum atomic E-state index is -0.942. The number of Topliss-reactive ketones (excluding diaryl/α,β-unsaturated/α-hetero) is 1. The standard InChI is InChI=1S/C36H44N4O7/c1-4-25(2)33(34(43)38-30(35(44)46-3)21-27-16-10-6-11-17-27)40-32(42)23-37-22-31(41)29(20-26-14-8-5-9-15-26)39-36(45)47-24-28-18-12-7-13-19-28/h5-19,25,29-30,33,37H,4,20-24H2,1-3H3,(H,38,43)(H,39,45)(H,40,42)/t25-,29-,30-,33-/m0/s1. The zero-order valence-electron chi connectivity index (χ0n) is 27.1. The Labute approximate surface area is 275 Å². The van der Waals surface area contributed by atoms with Gasteiger partial charge in [0, 0.05) is 6.42 Å². The normalized spacial score (nSPS) is 13.3. The summed E-state index contributed by atoms with van der Waals surface area (Å²) in [6.45, 7) is 3.29. The zero-order valence-corrected chi connectivity index (χ0v) is 27.1. The highest BCUT2D eigenvalue weighted by Gasteiger charge is 2.30. The smallest absolute Gasteiger partial charge is 0.408 e. The Morgan fingerprint density at radius 2 is 1.21 bits per heavy atom. The predicted octanol–water partition coefficient (Wildman–Crippen LogP) is 3.11. The predicted molar refractivity (Wildman–Crippen MR) is 177 cm³/mol. The fraction of sp³-hybridized carbons (Fsp3) is 0.361. The molecule has 0 radical (unpaired) electrons. The van der Waals surface area contributed by atoms with E-state index in [2.05, 4.69) is 21.3 Å². The lowest BCUT2D eigenvalue weighted by molar-refractivity contribution is -0.145. The van der Waals surface area contributed by atoms with Crippen molar-refractivity contribution in [3.05, 3.63) is 108 Å². The van der Waals surface area contributed by atoms with Crippen LogP contribution in [0.15, 0.2) is 91.0 Å². The molecule has 4 atom stereocenters. The number of hydrogen-bond acceptors (Lipinski definition) is 8. The summed E-state index contributed by atoms with van der Waals surface area (Å²) in [6.07, 6.45) is 0.302. The van der Waals surface area contributed by atoms with Crippen molar-refractivity contribution in [1.29, 1.82) is 0 Å². The summed E-state index contributed by atoms with van der Waals surface area (Å²) in [5.74, 6) is -2.23. The largest absolute Gasteiger partial charge is 0.467 e. The van der Waals surface area contributed by atoms with Crippen molar-refractivity contribution in [3.8, 4) is 0 Å². The number of benzene rings is 3. The number of amides is 3. The highest BCUT2D eigenvalue weighted by Crippen LogP contribution is 2.11. The summed E-state index contributed by atoms with van der Waals surface area (Å²) in [7, 11) is 1.25. The number of alkyl carbamates (subject to hydrolysis) is 1. The number of esters is 1. The summed E-state index contributed by atoms with van der Waals surface area (Å²) in [5, 5.41) is 10.9. The second-order valence-electron chi connectivity index (χ2n) is 11.2. The van der Waals surface area contributed by atoms with Crippen molar-refractivity contribution >= 4 is 29.7 Å². The molecule has 0 aliphatic heterocycles. The van der Waals surface area contributed by atoms with E-state index in [9.17, 15) is 24.0 Å². The summed E-state index contributed by atoms with van der Waals surface area (Å²) in [4.78, 5) is 64.5. The second kappa shape index (κ2) is 19.5. The molecule has 11 nitrogen and oxygen atoms in total. The van der Waals surface area contributed by atoms with Crippen LogP contribution in [0.1, 0.15) is 37.0 Å². The molecule has 0 fully saturated rings. The van der Waals surface area contributed by atoms with E-state index < -0.39 is 42.0 Å². The Kier molecular flexibility index (Phi) is 15.1. The highest BCUT2D eigenvalue weighted by atomic mass is 16.5. The average Bonchev–Trinajstić information content (AvgIpc) is 3.09. The number of hydrogen-bond donors (Lipinski definition) is 4. The van der Waals surface area contributed by atoms with Crippen LogP contribution in [0.2, 0.25) is 0 Å². The summed E-state index contributed by atoms with van der Waals surface area (Å²) < 4.78 is 10.2. The van der Waals surface area contributed by atoms with E-state index in [-0.39, 0.29) is 44.2 Å². The van der Waals surface area contributed by atoms with Crippen molar-refractivity contribution in [2.45, 2.75) is 57.8 Å². The Bertz CT molecular complexity index is 1440. The lowest BCUT2D eigenvalue weighted by Crippen LogP contribution is -2.56. The molecule has 11 heteroatoms. The van der Waals surface area contributed by atoms with E-state index in [1.807, 2.05) is 105 Å². The van der Waals surface area contributed by atoms with Gasteiger partial charge in [-0.25, -0.2) is 9.59 Å². The van der Waals surface area contributed by atoms with E-state index in [0.29, 0.717) is 6.42 Å². The third-order valence-corrected chi connectivity index (χ3v) is 7.66. The van der Waals surface area contributed by atoms with Crippen molar-refractivity contribution in [1.82, 2.24) is 21.3 Å². The minimum Gasteiger partial charge on any atom is -0.467 e. The lowest BCUT2D eigenvalue weighted by Gasteiger charge is -2.26. The van der Waals surface area contributed by atoms with Gasteiger partial charge in [-0.2, -0.15) is 0 Å². The molecule has 3 rings (SSSR count). The van der Waals surface area contributed by atoms with Crippen LogP contribution in [0, 0.1) is 5.92 Å². The van der Waals surface area contributed by atoms with Crippen LogP contribution in [-0.4, -0.2) is 68.0 Å². The molecule has 3 aromatic rings. The summed E-state index contributed by atoms with van der Waals surface area (Å²) >= 11 is 0. The molecule has 0 spiro atoms. The number of ether oxygens (including phenoxy) is 2. The third kappa shape index (κ3) is 12.7. The molecule has 3 aromatic carbocycles. The van der Waals surface area contributed by atoms with Crippen molar-refractivity contribution < 1.29 is 33.4 Å². The third-order valence-electron chi connectivity index (χ3n) is 7.66. The molecule has 250 valence electrons. The maximum Gasteiger partial charge on any atom is 0.408 e. The van der Waals surface area contributed by atoms with Gasteiger partial charge in [0.1, 0.15) is 18.7 Å². The first-order chi connectivity index (χ1) is 22.7. The topological polar surface area (TPSA) is 152 Å². The Morgan fingerprint density at radius 1 is 0.681 bits per heavy atom. The molecule has 3 amide bonds. The number of carbonyl (C=O) groups is 5. The van der Waals surface area contributed by atoms with E-state index in [0.717, 1.165) is 16.7 Å². The zero-order chi connectivity index (χ0) is 34.0. The second-order valence-corrected chi connectivity index (χ2v) is 11.2. The van der Waals surface area contributed by atoms with Crippen molar-refractivity contribution in [2.24, 2.45) is 5.92 Å². The molecule has 0 aromatic heterocycles. The lowest BCUT2D eigenvalue weighted by atomic mass is 9.97. The van der Waals surface area contributed by atoms with E-state index in [1.165, 1.54) is 7.11 Å². The number of ketones is 1. The molecule has 0 bridgehead atoms. The Hall–Kier alpha value is -5.03. The van der Waals surface area contributed by atoms with Gasteiger partial charge in [-0.1, -0.05) is 111 Å². The van der Waals surface area contributed by atoms with Gasteiger partial charge in [-0.05, 0) is 29.0 Å². The van der Waals surface area contributed by atoms with Gasteiger partial charge >= 0.3 is 12.1 Å². The van der Waals surface area contributed by atoms with Gasteiger partial charge in [-0.15, -0.1) is 0 Å². The fourth-order valence-corrected chi connectivity index (χ4v) is 4.80. The first-order valence-corrected chi connectivity index (χ1v) is 15.7. The Morgan fingerprint density at radius 3 is 1.74 bits per heavy atom. The summed E-state index contributed by atoms with van der Waals surface area (Å²) in [6, 6.07) is 24.9. The maximum atomic E-state index is 13.3. The van der Waals surface area contributed by atoms with Gasteiger partial charge in [0.05, 0.1) is 26.2 Å². The van der Waals surface area contributed by atoms with Crippen LogP contribution < -0.4 is 21.3 Å². The molecule has 0 saturated heterocycles. The van der Waals surface area contributed by atoms with Gasteiger partial charge in [0.15, 0.2) is 5.78 Å². The minimum absolute atomic E-state index is 0.0505. The molecule has 0 unspecified atom stereocenters. The van der Waals surface area contributed by atoms with Crippen LogP contribution in [0.5, 0.6) is 0 Å². The highest BCUT2D eigenvalue weighted by molar-refractivity contribution is 5.92. The molecule has 0 aliphatic rings. The molecule has 0 aliphatic carbocycles. The summed E-state index contributed by atoms with van der Waals surface area (Å²) in [5.41, 5.74) is 2.49. The average molecular weight is 645 g/mol. The molecule has 4 N–H and O–H groups in total. The molecular formula is C36H44N4O7. The van der Waals surface area contributed by atoms with Gasteiger partial charge < -0.3 is 30.7 Å².